The molecule has 1 fully saturated rings. The molecule has 1 aliphatic carbocycles. The van der Waals surface area contributed by atoms with Crippen molar-refractivity contribution in [1.29, 1.82) is 0 Å². The standard InChI is InChI=1S/C15H20Cl2N2O/c1-9(12-6-5-11(16)7-14(12)17)19-15(20)13-4-2-3-10(13)8-18/h5-7,9-10,13H,2-4,8,18H2,1H3,(H,19,20)/t9?,10-,13-/m1/s1. The Bertz CT molecular complexity index is 493. The Kier molecular flexibility index (Phi) is 5.30. The van der Waals surface area contributed by atoms with Gasteiger partial charge in [-0.3, -0.25) is 4.79 Å². The Morgan fingerprint density at radius 2 is 2.20 bits per heavy atom. The maximum absolute atomic E-state index is 12.3. The van der Waals surface area contributed by atoms with E-state index < -0.39 is 0 Å². The summed E-state index contributed by atoms with van der Waals surface area (Å²) in [5.74, 6) is 0.424. The summed E-state index contributed by atoms with van der Waals surface area (Å²) in [5, 5.41) is 4.21. The molecule has 3 atom stereocenters. The van der Waals surface area contributed by atoms with E-state index in [4.69, 9.17) is 28.9 Å². The third kappa shape index (κ3) is 3.46. The first kappa shape index (κ1) is 15.6. The topological polar surface area (TPSA) is 55.1 Å². The predicted octanol–water partition coefficient (Wildman–Crippen LogP) is 3.55. The van der Waals surface area contributed by atoms with Crippen LogP contribution >= 0.6 is 23.2 Å². The molecule has 110 valence electrons. The maximum atomic E-state index is 12.3. The molecule has 1 amide bonds. The summed E-state index contributed by atoms with van der Waals surface area (Å²) in [7, 11) is 0. The predicted molar refractivity (Wildman–Crippen MR) is 82.9 cm³/mol. The van der Waals surface area contributed by atoms with Crippen LogP contribution in [0.5, 0.6) is 0 Å². The van der Waals surface area contributed by atoms with Crippen LogP contribution in [0, 0.1) is 11.8 Å². The van der Waals surface area contributed by atoms with Gasteiger partial charge in [-0.15, -0.1) is 0 Å². The Hall–Kier alpha value is -0.770. The van der Waals surface area contributed by atoms with Crippen LogP contribution in [0.25, 0.3) is 0 Å². The number of carbonyl (C=O) groups is 1. The molecule has 0 heterocycles. The van der Waals surface area contributed by atoms with Crippen LogP contribution in [-0.2, 0) is 4.79 Å². The molecular formula is C15H20Cl2N2O. The minimum atomic E-state index is -0.133. The molecule has 0 spiro atoms. The first-order valence-electron chi connectivity index (χ1n) is 6.98. The van der Waals surface area contributed by atoms with Crippen molar-refractivity contribution in [2.24, 2.45) is 17.6 Å². The monoisotopic (exact) mass is 314 g/mol. The highest BCUT2D eigenvalue weighted by Crippen LogP contribution is 2.32. The Morgan fingerprint density at radius 1 is 1.45 bits per heavy atom. The molecule has 0 radical (unpaired) electrons. The lowest BCUT2D eigenvalue weighted by atomic mass is 9.94. The van der Waals surface area contributed by atoms with Gasteiger partial charge in [0.25, 0.3) is 0 Å². The average molecular weight is 315 g/mol. The minimum Gasteiger partial charge on any atom is -0.349 e. The van der Waals surface area contributed by atoms with E-state index in [1.165, 1.54) is 0 Å². The summed E-state index contributed by atoms with van der Waals surface area (Å²) in [6, 6.07) is 5.19. The van der Waals surface area contributed by atoms with Gasteiger partial charge < -0.3 is 11.1 Å². The number of rotatable bonds is 4. The lowest BCUT2D eigenvalue weighted by molar-refractivity contribution is -0.126. The molecule has 1 saturated carbocycles. The van der Waals surface area contributed by atoms with Crippen molar-refractivity contribution in [3.05, 3.63) is 33.8 Å². The summed E-state index contributed by atoms with van der Waals surface area (Å²) in [6.07, 6.45) is 3.05. The molecule has 1 unspecified atom stereocenters. The number of benzene rings is 1. The van der Waals surface area contributed by atoms with Crippen LogP contribution in [0.1, 0.15) is 37.8 Å². The van der Waals surface area contributed by atoms with Crippen molar-refractivity contribution in [2.45, 2.75) is 32.2 Å². The van der Waals surface area contributed by atoms with Crippen molar-refractivity contribution in [2.75, 3.05) is 6.54 Å². The number of halogens is 2. The van der Waals surface area contributed by atoms with Crippen LogP contribution in [-0.4, -0.2) is 12.5 Å². The largest absolute Gasteiger partial charge is 0.349 e. The number of carbonyl (C=O) groups excluding carboxylic acids is 1. The summed E-state index contributed by atoms with van der Waals surface area (Å²) in [5.41, 5.74) is 6.61. The van der Waals surface area contributed by atoms with Crippen LogP contribution in [0.2, 0.25) is 10.0 Å². The SMILES string of the molecule is CC(NC(=O)[C@@H]1CCC[C@@H]1CN)c1ccc(Cl)cc1Cl. The lowest BCUT2D eigenvalue weighted by Gasteiger charge is -2.21. The second kappa shape index (κ2) is 6.79. The quantitative estimate of drug-likeness (QED) is 0.893. The average Bonchev–Trinajstić information content (AvgIpc) is 2.86. The minimum absolute atomic E-state index is 0.0357. The zero-order valence-corrected chi connectivity index (χ0v) is 13.0. The summed E-state index contributed by atoms with van der Waals surface area (Å²) in [6.45, 7) is 2.51. The fourth-order valence-electron chi connectivity index (χ4n) is 2.91. The van der Waals surface area contributed by atoms with Crippen LogP contribution < -0.4 is 11.1 Å². The maximum Gasteiger partial charge on any atom is 0.223 e. The molecule has 0 aliphatic heterocycles. The fourth-order valence-corrected chi connectivity index (χ4v) is 3.49. The summed E-state index contributed by atoms with van der Waals surface area (Å²) < 4.78 is 0. The van der Waals surface area contributed by atoms with E-state index in [0.29, 0.717) is 22.5 Å². The van der Waals surface area contributed by atoms with Crippen molar-refractivity contribution in [3.8, 4) is 0 Å². The van der Waals surface area contributed by atoms with Gasteiger partial charge in [0, 0.05) is 16.0 Å². The summed E-state index contributed by atoms with van der Waals surface area (Å²) in [4.78, 5) is 12.3. The van der Waals surface area contributed by atoms with Gasteiger partial charge in [0.2, 0.25) is 5.91 Å². The Morgan fingerprint density at radius 3 is 2.85 bits per heavy atom. The van der Waals surface area contributed by atoms with E-state index in [9.17, 15) is 4.79 Å². The molecule has 1 aromatic rings. The zero-order chi connectivity index (χ0) is 14.7. The molecule has 3 N–H and O–H groups in total. The van der Waals surface area contributed by atoms with Crippen LogP contribution in [0.3, 0.4) is 0 Å². The Labute approximate surface area is 129 Å². The third-order valence-corrected chi connectivity index (χ3v) is 4.65. The molecule has 0 bridgehead atoms. The second-order valence-electron chi connectivity index (χ2n) is 5.43. The van der Waals surface area contributed by atoms with Crippen LogP contribution in [0.15, 0.2) is 18.2 Å². The highest BCUT2D eigenvalue weighted by molar-refractivity contribution is 6.35. The molecule has 2 rings (SSSR count). The number of hydrogen-bond donors (Lipinski definition) is 2. The molecular weight excluding hydrogens is 295 g/mol. The van der Waals surface area contributed by atoms with Gasteiger partial charge >= 0.3 is 0 Å². The van der Waals surface area contributed by atoms with E-state index >= 15 is 0 Å². The van der Waals surface area contributed by atoms with Gasteiger partial charge in [-0.2, -0.15) is 0 Å². The number of hydrogen-bond acceptors (Lipinski definition) is 2. The molecule has 1 aliphatic rings. The smallest absolute Gasteiger partial charge is 0.223 e. The molecule has 1 aromatic carbocycles. The van der Waals surface area contributed by atoms with Gasteiger partial charge in [-0.05, 0) is 49.9 Å². The lowest BCUT2D eigenvalue weighted by Crippen LogP contribution is -2.36. The normalized spacial score (nSPS) is 23.6. The van der Waals surface area contributed by atoms with E-state index in [2.05, 4.69) is 5.32 Å². The number of nitrogens with two attached hydrogens (primary N) is 1. The van der Waals surface area contributed by atoms with Gasteiger partial charge in [0.05, 0.1) is 6.04 Å². The molecule has 5 heteroatoms. The fraction of sp³-hybridized carbons (Fsp3) is 0.533. The number of amides is 1. The zero-order valence-electron chi connectivity index (χ0n) is 11.5. The van der Waals surface area contributed by atoms with Crippen LogP contribution in [0.4, 0.5) is 0 Å². The van der Waals surface area contributed by atoms with Gasteiger partial charge in [0.15, 0.2) is 0 Å². The highest BCUT2D eigenvalue weighted by atomic mass is 35.5. The van der Waals surface area contributed by atoms with E-state index in [-0.39, 0.29) is 17.9 Å². The summed E-state index contributed by atoms with van der Waals surface area (Å²) >= 11 is 12.1. The molecule has 0 saturated heterocycles. The first-order chi connectivity index (χ1) is 9.52. The van der Waals surface area contributed by atoms with E-state index in [1.54, 1.807) is 12.1 Å². The van der Waals surface area contributed by atoms with Crippen molar-refractivity contribution >= 4 is 29.1 Å². The van der Waals surface area contributed by atoms with E-state index in [0.717, 1.165) is 24.8 Å². The third-order valence-electron chi connectivity index (χ3n) is 4.09. The first-order valence-corrected chi connectivity index (χ1v) is 7.74. The number of nitrogens with one attached hydrogen (secondary N) is 1. The van der Waals surface area contributed by atoms with Crippen molar-refractivity contribution < 1.29 is 4.79 Å². The molecule has 20 heavy (non-hydrogen) atoms. The van der Waals surface area contributed by atoms with Gasteiger partial charge in [-0.1, -0.05) is 35.7 Å². The van der Waals surface area contributed by atoms with Crippen molar-refractivity contribution in [1.82, 2.24) is 5.32 Å². The van der Waals surface area contributed by atoms with Gasteiger partial charge in [-0.25, -0.2) is 0 Å². The highest BCUT2D eigenvalue weighted by Gasteiger charge is 2.32. The second-order valence-corrected chi connectivity index (χ2v) is 6.27. The van der Waals surface area contributed by atoms with E-state index in [1.807, 2.05) is 13.0 Å². The van der Waals surface area contributed by atoms with Gasteiger partial charge in [0.1, 0.15) is 0 Å². The van der Waals surface area contributed by atoms with Crippen molar-refractivity contribution in [3.63, 3.8) is 0 Å². The molecule has 3 nitrogen and oxygen atoms in total. The molecule has 0 aromatic heterocycles. The Balaban J connectivity index is 2.03.